The van der Waals surface area contributed by atoms with E-state index >= 15 is 0 Å². The molecule has 0 aliphatic heterocycles. The smallest absolute Gasteiger partial charge is 0.306 e. The molecular weight excluding hydrogens is 719 g/mol. The third kappa shape index (κ3) is 41.3. The van der Waals surface area contributed by atoms with Crippen molar-refractivity contribution in [3.05, 3.63) is 12.2 Å². The van der Waals surface area contributed by atoms with Crippen LogP contribution in [0.4, 0.5) is 0 Å². The van der Waals surface area contributed by atoms with Crippen molar-refractivity contribution in [1.82, 2.24) is 5.32 Å². The molecule has 0 bridgehead atoms. The first-order valence-electron chi connectivity index (χ1n) is 25.9. The normalized spacial score (nSPS) is 13.3. The van der Waals surface area contributed by atoms with Gasteiger partial charge in [-0.15, -0.1) is 0 Å². The Bertz CT molecular complexity index is 878. The van der Waals surface area contributed by atoms with Crippen LogP contribution in [-0.2, 0) is 14.3 Å². The van der Waals surface area contributed by atoms with Crippen molar-refractivity contribution in [3.63, 3.8) is 0 Å². The number of hydrogen-bond donors (Lipinski definition) is 3. The van der Waals surface area contributed by atoms with Crippen molar-refractivity contribution < 1.29 is 24.5 Å². The molecule has 0 aromatic rings. The average molecular weight is 820 g/mol. The van der Waals surface area contributed by atoms with Crippen LogP contribution in [0.2, 0.25) is 0 Å². The molecule has 344 valence electrons. The van der Waals surface area contributed by atoms with Crippen molar-refractivity contribution in [2.24, 2.45) is 0 Å². The molecule has 0 rings (SSSR count). The van der Waals surface area contributed by atoms with Gasteiger partial charge >= 0.3 is 5.97 Å². The van der Waals surface area contributed by atoms with Crippen molar-refractivity contribution >= 4 is 11.9 Å². The minimum atomic E-state index is -0.783. The molecule has 3 unspecified atom stereocenters. The molecule has 0 heterocycles. The molecule has 0 spiro atoms. The predicted molar refractivity (Wildman–Crippen MR) is 250 cm³/mol. The Labute approximate surface area is 361 Å². The van der Waals surface area contributed by atoms with Crippen LogP contribution in [-0.4, -0.2) is 46.9 Å². The number of esters is 1. The van der Waals surface area contributed by atoms with E-state index in [1.165, 1.54) is 186 Å². The summed E-state index contributed by atoms with van der Waals surface area (Å²) >= 11 is 0. The summed E-state index contributed by atoms with van der Waals surface area (Å²) in [5.74, 6) is -0.476. The second kappa shape index (κ2) is 46.7. The highest BCUT2D eigenvalue weighted by Crippen LogP contribution is 2.18. The minimum absolute atomic E-state index is 0.0788. The van der Waals surface area contributed by atoms with Gasteiger partial charge in [-0.25, -0.2) is 0 Å². The molecule has 1 amide bonds. The molecule has 0 aromatic carbocycles. The number of carbonyl (C=O) groups is 2. The fourth-order valence-electron chi connectivity index (χ4n) is 8.13. The Kier molecular flexibility index (Phi) is 45.5. The first-order chi connectivity index (χ1) is 28.5. The number of hydrogen-bond acceptors (Lipinski definition) is 5. The highest BCUT2D eigenvalue weighted by Gasteiger charge is 2.24. The first-order valence-corrected chi connectivity index (χ1v) is 25.9. The monoisotopic (exact) mass is 820 g/mol. The molecule has 0 saturated carbocycles. The average Bonchev–Trinajstić information content (AvgIpc) is 3.22. The maximum absolute atomic E-state index is 13.2. The van der Waals surface area contributed by atoms with Gasteiger partial charge < -0.3 is 20.3 Å². The Morgan fingerprint density at radius 2 is 0.828 bits per heavy atom. The number of aliphatic hydroxyl groups is 2. The Hall–Kier alpha value is -1.40. The van der Waals surface area contributed by atoms with E-state index in [0.29, 0.717) is 19.3 Å². The maximum Gasteiger partial charge on any atom is 0.306 e. The maximum atomic E-state index is 13.2. The zero-order valence-electron chi connectivity index (χ0n) is 39.2. The molecule has 3 atom stereocenters. The number of unbranched alkanes of at least 4 members (excludes halogenated alkanes) is 33. The Morgan fingerprint density at radius 1 is 0.483 bits per heavy atom. The van der Waals surface area contributed by atoms with Crippen LogP contribution >= 0.6 is 0 Å². The molecule has 6 heteroatoms. The molecule has 0 fully saturated rings. The van der Waals surface area contributed by atoms with E-state index in [4.69, 9.17) is 4.74 Å². The van der Waals surface area contributed by atoms with Gasteiger partial charge in [0.25, 0.3) is 0 Å². The van der Waals surface area contributed by atoms with Gasteiger partial charge in [-0.2, -0.15) is 0 Å². The van der Waals surface area contributed by atoms with Crippen molar-refractivity contribution in [3.8, 4) is 0 Å². The van der Waals surface area contributed by atoms with Crippen LogP contribution in [0.15, 0.2) is 12.2 Å². The van der Waals surface area contributed by atoms with Gasteiger partial charge in [-0.05, 0) is 51.4 Å². The van der Waals surface area contributed by atoms with Crippen LogP contribution < -0.4 is 5.32 Å². The van der Waals surface area contributed by atoms with E-state index in [1.54, 1.807) is 0 Å². The van der Waals surface area contributed by atoms with Gasteiger partial charge in [0, 0.05) is 6.42 Å². The molecule has 0 aliphatic rings. The lowest BCUT2D eigenvalue weighted by Gasteiger charge is -2.24. The van der Waals surface area contributed by atoms with E-state index in [1.807, 2.05) is 0 Å². The molecule has 0 radical (unpaired) electrons. The minimum Gasteiger partial charge on any atom is -0.462 e. The molecular formula is C52H101NO5. The second-order valence-corrected chi connectivity index (χ2v) is 17.9. The van der Waals surface area contributed by atoms with Crippen LogP contribution in [0, 0.1) is 0 Å². The lowest BCUT2D eigenvalue weighted by Crippen LogP contribution is -2.46. The summed E-state index contributed by atoms with van der Waals surface area (Å²) in [4.78, 5) is 26.1. The van der Waals surface area contributed by atoms with Gasteiger partial charge in [-0.3, -0.25) is 9.59 Å². The third-order valence-corrected chi connectivity index (χ3v) is 12.1. The molecule has 0 saturated heterocycles. The number of ether oxygens (including phenoxy) is 1. The van der Waals surface area contributed by atoms with E-state index in [-0.39, 0.29) is 24.9 Å². The van der Waals surface area contributed by atoms with Gasteiger partial charge in [0.05, 0.1) is 25.2 Å². The van der Waals surface area contributed by atoms with Crippen molar-refractivity contribution in [2.75, 3.05) is 6.61 Å². The summed E-state index contributed by atoms with van der Waals surface area (Å²) < 4.78 is 5.93. The van der Waals surface area contributed by atoms with E-state index in [2.05, 4.69) is 38.2 Å². The highest BCUT2D eigenvalue weighted by atomic mass is 16.5. The number of amides is 1. The lowest BCUT2D eigenvalue weighted by molar-refractivity contribution is -0.151. The molecule has 0 aliphatic carbocycles. The molecule has 0 aromatic heterocycles. The highest BCUT2D eigenvalue weighted by molar-refractivity contribution is 5.77. The van der Waals surface area contributed by atoms with Crippen LogP contribution in [0.25, 0.3) is 0 Å². The Morgan fingerprint density at radius 3 is 1.22 bits per heavy atom. The summed E-state index contributed by atoms with van der Waals surface area (Å²) in [6.45, 7) is 6.49. The first kappa shape index (κ1) is 56.6. The fourth-order valence-corrected chi connectivity index (χ4v) is 8.13. The van der Waals surface area contributed by atoms with Crippen LogP contribution in [0.5, 0.6) is 0 Å². The summed E-state index contributed by atoms with van der Waals surface area (Å²) in [6, 6.07) is -0.697. The van der Waals surface area contributed by atoms with Crippen LogP contribution in [0.1, 0.15) is 284 Å². The lowest BCUT2D eigenvalue weighted by atomic mass is 10.0. The second-order valence-electron chi connectivity index (χ2n) is 17.9. The Balaban J connectivity index is 4.56. The largest absolute Gasteiger partial charge is 0.462 e. The number of allylic oxidation sites excluding steroid dienone is 2. The fraction of sp³-hybridized carbons (Fsp3) is 0.923. The standard InChI is InChI=1S/C52H101NO5/c1-4-7-10-13-16-19-22-24-26-29-31-34-37-40-43-48(58-52(57)45-42-39-36-33-30-27-25-23-20-17-14-11-8-5-2)46-51(56)53-49(47-54)50(55)44-41-38-35-32-28-21-18-15-12-9-6-3/h27,30,48-50,54-55H,4-26,28-29,31-47H2,1-3H3,(H,53,56)/b30-27-. The topological polar surface area (TPSA) is 95.9 Å². The molecule has 58 heavy (non-hydrogen) atoms. The number of rotatable bonds is 47. The van der Waals surface area contributed by atoms with Crippen molar-refractivity contribution in [1.29, 1.82) is 0 Å². The molecule has 3 N–H and O–H groups in total. The van der Waals surface area contributed by atoms with Gasteiger partial charge in [0.2, 0.25) is 5.91 Å². The summed E-state index contributed by atoms with van der Waals surface area (Å²) in [5.41, 5.74) is 0. The van der Waals surface area contributed by atoms with Gasteiger partial charge in [0.1, 0.15) is 6.10 Å². The SMILES string of the molecule is CCCCCCCCC/C=C\CCCCCC(=O)OC(CCCCCCCCCCCCCCCC)CC(=O)NC(CO)C(O)CCCCCCCCCCCCC. The van der Waals surface area contributed by atoms with Crippen LogP contribution in [0.3, 0.4) is 0 Å². The number of nitrogens with one attached hydrogen (secondary N) is 1. The zero-order valence-corrected chi connectivity index (χ0v) is 39.2. The predicted octanol–water partition coefficient (Wildman–Crippen LogP) is 15.3. The van der Waals surface area contributed by atoms with E-state index in [9.17, 15) is 19.8 Å². The summed E-state index contributed by atoms with van der Waals surface area (Å²) in [5, 5.41) is 23.7. The number of carbonyl (C=O) groups excluding carboxylic acids is 2. The summed E-state index contributed by atoms with van der Waals surface area (Å²) in [7, 11) is 0. The number of aliphatic hydroxyl groups excluding tert-OH is 2. The van der Waals surface area contributed by atoms with Crippen molar-refractivity contribution in [2.45, 2.75) is 302 Å². The third-order valence-electron chi connectivity index (χ3n) is 12.1. The zero-order chi connectivity index (χ0) is 42.4. The van der Waals surface area contributed by atoms with E-state index < -0.39 is 18.2 Å². The van der Waals surface area contributed by atoms with Gasteiger partial charge in [0.15, 0.2) is 0 Å². The molecule has 6 nitrogen and oxygen atoms in total. The quantitative estimate of drug-likeness (QED) is 0.0323. The summed E-state index contributed by atoms with van der Waals surface area (Å²) in [6.07, 6.45) is 51.3. The van der Waals surface area contributed by atoms with Gasteiger partial charge in [-0.1, -0.05) is 232 Å². The van der Waals surface area contributed by atoms with E-state index in [0.717, 1.165) is 51.4 Å².